The lowest BCUT2D eigenvalue weighted by atomic mass is 10.2. The van der Waals surface area contributed by atoms with Gasteiger partial charge in [0.25, 0.3) is 0 Å². The molecule has 0 spiro atoms. The molecular formula is C22H20Cl2N2O3S2. The number of hydrogen-bond donors (Lipinski definition) is 1. The van der Waals surface area contributed by atoms with Crippen LogP contribution in [0.3, 0.4) is 0 Å². The summed E-state index contributed by atoms with van der Waals surface area (Å²) in [6.45, 7) is -0.387. The largest absolute Gasteiger partial charge is 0.325 e. The van der Waals surface area contributed by atoms with Crippen molar-refractivity contribution in [1.82, 2.24) is 0 Å². The van der Waals surface area contributed by atoms with Gasteiger partial charge in [0.05, 0.1) is 22.0 Å². The molecule has 0 radical (unpaired) electrons. The lowest BCUT2D eigenvalue weighted by molar-refractivity contribution is -0.114. The maximum atomic E-state index is 12.5. The van der Waals surface area contributed by atoms with E-state index in [4.69, 9.17) is 23.2 Å². The van der Waals surface area contributed by atoms with E-state index in [9.17, 15) is 13.2 Å². The van der Waals surface area contributed by atoms with Crippen molar-refractivity contribution in [1.29, 1.82) is 0 Å². The zero-order valence-corrected chi connectivity index (χ0v) is 19.7. The lowest BCUT2D eigenvalue weighted by Crippen LogP contribution is -2.37. The van der Waals surface area contributed by atoms with Gasteiger partial charge in [0, 0.05) is 16.3 Å². The monoisotopic (exact) mass is 494 g/mol. The van der Waals surface area contributed by atoms with Crippen LogP contribution in [0.15, 0.2) is 77.7 Å². The standard InChI is InChI=1S/C22H20Cl2N2O3S2/c1-31(28,29)26(18-11-12-20(23)21(24)13-18)14-22(27)25-17-9-7-16(8-10-17)15-30-19-5-3-2-4-6-19/h2-13H,14-15H2,1H3,(H,25,27). The zero-order chi connectivity index (χ0) is 22.4. The average molecular weight is 495 g/mol. The van der Waals surface area contributed by atoms with E-state index in [1.807, 2.05) is 30.3 Å². The van der Waals surface area contributed by atoms with Crippen LogP contribution in [0.25, 0.3) is 0 Å². The quantitative estimate of drug-likeness (QED) is 0.408. The number of carbonyl (C=O) groups excluding carboxylic acids is 1. The number of hydrogen-bond acceptors (Lipinski definition) is 4. The molecule has 1 N–H and O–H groups in total. The van der Waals surface area contributed by atoms with Crippen LogP contribution in [0.1, 0.15) is 5.56 Å². The molecule has 0 aliphatic heterocycles. The summed E-state index contributed by atoms with van der Waals surface area (Å²) in [5, 5.41) is 3.24. The molecule has 0 unspecified atom stereocenters. The number of nitrogens with one attached hydrogen (secondary N) is 1. The van der Waals surface area contributed by atoms with Crippen LogP contribution in [0, 0.1) is 0 Å². The molecule has 3 aromatic carbocycles. The minimum Gasteiger partial charge on any atom is -0.325 e. The first-order chi connectivity index (χ1) is 14.7. The summed E-state index contributed by atoms with van der Waals surface area (Å²) in [6, 6.07) is 21.9. The Kier molecular flexibility index (Phi) is 7.89. The SMILES string of the molecule is CS(=O)(=O)N(CC(=O)Nc1ccc(CSc2ccccc2)cc1)c1ccc(Cl)c(Cl)c1. The third-order valence-corrected chi connectivity index (χ3v) is 7.23. The van der Waals surface area contributed by atoms with Crippen molar-refractivity contribution in [3.05, 3.63) is 88.4 Å². The van der Waals surface area contributed by atoms with Gasteiger partial charge in [-0.15, -0.1) is 11.8 Å². The Morgan fingerprint density at radius 2 is 1.65 bits per heavy atom. The van der Waals surface area contributed by atoms with Gasteiger partial charge in [-0.1, -0.05) is 53.5 Å². The second kappa shape index (κ2) is 10.4. The molecule has 0 saturated carbocycles. The van der Waals surface area contributed by atoms with Crippen molar-refractivity contribution < 1.29 is 13.2 Å². The highest BCUT2D eigenvalue weighted by Gasteiger charge is 2.21. The molecule has 0 atom stereocenters. The van der Waals surface area contributed by atoms with Crippen LogP contribution in [-0.4, -0.2) is 27.1 Å². The number of nitrogens with zero attached hydrogens (tertiary/aromatic N) is 1. The van der Waals surface area contributed by atoms with Gasteiger partial charge in [0.1, 0.15) is 6.54 Å². The van der Waals surface area contributed by atoms with Crippen LogP contribution >= 0.6 is 35.0 Å². The van der Waals surface area contributed by atoms with Gasteiger partial charge in [0.2, 0.25) is 15.9 Å². The Labute approximate surface area is 196 Å². The smallest absolute Gasteiger partial charge is 0.245 e. The van der Waals surface area contributed by atoms with E-state index < -0.39 is 15.9 Å². The number of carbonyl (C=O) groups is 1. The summed E-state index contributed by atoms with van der Waals surface area (Å²) in [4.78, 5) is 13.7. The molecule has 0 aromatic heterocycles. The Morgan fingerprint density at radius 1 is 0.968 bits per heavy atom. The van der Waals surface area contributed by atoms with Gasteiger partial charge in [-0.25, -0.2) is 8.42 Å². The maximum Gasteiger partial charge on any atom is 0.245 e. The maximum absolute atomic E-state index is 12.5. The molecule has 0 fully saturated rings. The molecule has 0 aliphatic rings. The van der Waals surface area contributed by atoms with Crippen LogP contribution in [-0.2, 0) is 20.6 Å². The lowest BCUT2D eigenvalue weighted by Gasteiger charge is -2.22. The van der Waals surface area contributed by atoms with E-state index in [-0.39, 0.29) is 17.3 Å². The van der Waals surface area contributed by atoms with Crippen LogP contribution in [0.4, 0.5) is 11.4 Å². The molecular weight excluding hydrogens is 475 g/mol. The summed E-state index contributed by atoms with van der Waals surface area (Å²) in [5.74, 6) is 0.333. The molecule has 0 aliphatic carbocycles. The first-order valence-electron chi connectivity index (χ1n) is 9.22. The molecule has 3 rings (SSSR count). The molecule has 0 saturated heterocycles. The third-order valence-electron chi connectivity index (χ3n) is 4.27. The summed E-state index contributed by atoms with van der Waals surface area (Å²) in [6.07, 6.45) is 1.03. The molecule has 31 heavy (non-hydrogen) atoms. The summed E-state index contributed by atoms with van der Waals surface area (Å²) >= 11 is 13.6. The topological polar surface area (TPSA) is 66.5 Å². The fraction of sp³-hybridized carbons (Fsp3) is 0.136. The molecule has 1 amide bonds. The van der Waals surface area contributed by atoms with Crippen molar-refractivity contribution in [2.75, 3.05) is 22.4 Å². The zero-order valence-electron chi connectivity index (χ0n) is 16.6. The van der Waals surface area contributed by atoms with E-state index in [2.05, 4.69) is 17.4 Å². The summed E-state index contributed by atoms with van der Waals surface area (Å²) in [7, 11) is -3.71. The van der Waals surface area contributed by atoms with Crippen LogP contribution in [0.5, 0.6) is 0 Å². The van der Waals surface area contributed by atoms with Crippen LogP contribution in [0.2, 0.25) is 10.0 Å². The van der Waals surface area contributed by atoms with E-state index >= 15 is 0 Å². The van der Waals surface area contributed by atoms with Crippen molar-refractivity contribution >= 4 is 62.3 Å². The molecule has 0 bridgehead atoms. The van der Waals surface area contributed by atoms with Gasteiger partial charge in [-0.2, -0.15) is 0 Å². The minimum atomic E-state index is -3.71. The van der Waals surface area contributed by atoms with E-state index in [0.717, 1.165) is 21.9 Å². The number of amides is 1. The highest BCUT2D eigenvalue weighted by Crippen LogP contribution is 2.28. The van der Waals surface area contributed by atoms with Crippen molar-refractivity contribution in [2.45, 2.75) is 10.6 Å². The highest BCUT2D eigenvalue weighted by atomic mass is 35.5. The van der Waals surface area contributed by atoms with Crippen molar-refractivity contribution in [2.24, 2.45) is 0 Å². The highest BCUT2D eigenvalue weighted by molar-refractivity contribution is 7.98. The second-order valence-electron chi connectivity index (χ2n) is 6.71. The Morgan fingerprint density at radius 3 is 2.26 bits per heavy atom. The molecule has 3 aromatic rings. The number of rotatable bonds is 8. The van der Waals surface area contributed by atoms with Gasteiger partial charge in [-0.3, -0.25) is 9.10 Å². The fourth-order valence-corrected chi connectivity index (χ4v) is 4.75. The number of halogens is 2. The predicted octanol–water partition coefficient (Wildman–Crippen LogP) is 5.69. The van der Waals surface area contributed by atoms with E-state index in [1.54, 1.807) is 23.9 Å². The third kappa shape index (κ3) is 6.90. The Hall–Kier alpha value is -2.19. The van der Waals surface area contributed by atoms with Crippen molar-refractivity contribution in [3.63, 3.8) is 0 Å². The predicted molar refractivity (Wildman–Crippen MR) is 130 cm³/mol. The first-order valence-corrected chi connectivity index (χ1v) is 12.8. The average Bonchev–Trinajstić information content (AvgIpc) is 2.73. The van der Waals surface area contributed by atoms with Gasteiger partial charge < -0.3 is 5.32 Å². The number of thioether (sulfide) groups is 1. The molecule has 9 heteroatoms. The number of anilines is 2. The number of sulfonamides is 1. The van der Waals surface area contributed by atoms with Gasteiger partial charge in [-0.05, 0) is 48.0 Å². The Bertz CT molecular complexity index is 1160. The first kappa shape index (κ1) is 23.5. The molecule has 162 valence electrons. The van der Waals surface area contributed by atoms with E-state index in [0.29, 0.717) is 10.7 Å². The fourth-order valence-electron chi connectivity index (χ4n) is 2.74. The summed E-state index contributed by atoms with van der Waals surface area (Å²) in [5.41, 5.74) is 1.96. The second-order valence-corrected chi connectivity index (χ2v) is 10.5. The van der Waals surface area contributed by atoms with Gasteiger partial charge in [0.15, 0.2) is 0 Å². The molecule has 5 nitrogen and oxygen atoms in total. The normalized spacial score (nSPS) is 11.2. The summed E-state index contributed by atoms with van der Waals surface area (Å²) < 4.78 is 25.4. The molecule has 0 heterocycles. The van der Waals surface area contributed by atoms with Crippen LogP contribution < -0.4 is 9.62 Å². The van der Waals surface area contributed by atoms with Gasteiger partial charge >= 0.3 is 0 Å². The Balaban J connectivity index is 1.63. The van der Waals surface area contributed by atoms with E-state index in [1.165, 1.54) is 23.1 Å². The van der Waals surface area contributed by atoms with Crippen molar-refractivity contribution in [3.8, 4) is 0 Å². The number of benzene rings is 3. The minimum absolute atomic E-state index is 0.206.